The van der Waals surface area contributed by atoms with Gasteiger partial charge in [-0.1, -0.05) is 32.6 Å². The van der Waals surface area contributed by atoms with Crippen molar-refractivity contribution in [3.8, 4) is 11.8 Å². The zero-order valence-corrected chi connectivity index (χ0v) is 10.4. The minimum atomic E-state index is -0.896. The molecule has 86 valence electrons. The Kier molecular flexibility index (Phi) is 3.81. The van der Waals surface area contributed by atoms with Gasteiger partial charge in [-0.3, -0.25) is 4.90 Å². The van der Waals surface area contributed by atoms with E-state index in [1.165, 1.54) is 12.8 Å². The van der Waals surface area contributed by atoms with Gasteiger partial charge in [0.2, 0.25) is 0 Å². The molecule has 0 aliphatic carbocycles. The summed E-state index contributed by atoms with van der Waals surface area (Å²) in [7, 11) is 0. The van der Waals surface area contributed by atoms with Crippen molar-refractivity contribution in [1.82, 2.24) is 4.90 Å². The molecule has 2 heteroatoms. The largest absolute Gasteiger partial charge is 0.377 e. The highest BCUT2D eigenvalue weighted by Gasteiger charge is 2.33. The first-order chi connectivity index (χ1) is 6.83. The molecule has 0 aromatic rings. The van der Waals surface area contributed by atoms with Crippen molar-refractivity contribution in [2.24, 2.45) is 5.41 Å². The first-order valence-corrected chi connectivity index (χ1v) is 5.78. The van der Waals surface area contributed by atoms with E-state index in [0.717, 1.165) is 19.6 Å². The van der Waals surface area contributed by atoms with Crippen molar-refractivity contribution in [2.75, 3.05) is 19.6 Å². The van der Waals surface area contributed by atoms with Gasteiger partial charge < -0.3 is 5.11 Å². The molecule has 1 fully saturated rings. The predicted octanol–water partition coefficient (Wildman–Crippen LogP) is 1.88. The van der Waals surface area contributed by atoms with Gasteiger partial charge in [0.1, 0.15) is 5.60 Å². The maximum absolute atomic E-state index is 10.1. The molecule has 2 nitrogen and oxygen atoms in total. The van der Waals surface area contributed by atoms with Crippen LogP contribution in [0.25, 0.3) is 0 Å². The van der Waals surface area contributed by atoms with E-state index in [2.05, 4.69) is 16.7 Å². The molecule has 0 unspecified atom stereocenters. The third-order valence-corrected chi connectivity index (χ3v) is 3.29. The Labute approximate surface area is 93.7 Å². The lowest BCUT2D eigenvalue weighted by Gasteiger charge is -2.32. The third kappa shape index (κ3) is 3.52. The fourth-order valence-electron chi connectivity index (χ4n) is 1.45. The van der Waals surface area contributed by atoms with Crippen LogP contribution in [0.5, 0.6) is 0 Å². The summed E-state index contributed by atoms with van der Waals surface area (Å²) in [5.41, 5.74) is -1.09. The summed E-state index contributed by atoms with van der Waals surface area (Å²) in [5, 5.41) is 10.1. The summed E-state index contributed by atoms with van der Waals surface area (Å²) in [5.74, 6) is 6.09. The van der Waals surface area contributed by atoms with Gasteiger partial charge >= 0.3 is 0 Å². The lowest BCUT2D eigenvalue weighted by atomic mass is 9.78. The van der Waals surface area contributed by atoms with Crippen LogP contribution in [-0.4, -0.2) is 35.2 Å². The number of hydrogen-bond donors (Lipinski definition) is 1. The molecule has 0 radical (unpaired) electrons. The van der Waals surface area contributed by atoms with Crippen molar-refractivity contribution >= 4 is 0 Å². The molecular weight excluding hydrogens is 186 g/mol. The molecule has 1 atom stereocenters. The SMILES string of the molecule is CC(C)(C)[C@](C)(O)C#CCN1CCCC1. The summed E-state index contributed by atoms with van der Waals surface area (Å²) < 4.78 is 0. The van der Waals surface area contributed by atoms with E-state index in [-0.39, 0.29) is 5.41 Å². The zero-order valence-electron chi connectivity index (χ0n) is 10.4. The number of likely N-dealkylation sites (tertiary alicyclic amines) is 1. The molecule has 0 saturated carbocycles. The zero-order chi connectivity index (χ0) is 11.5. The number of aliphatic hydroxyl groups is 1. The Morgan fingerprint density at radius 1 is 1.13 bits per heavy atom. The maximum Gasteiger partial charge on any atom is 0.127 e. The van der Waals surface area contributed by atoms with Crippen LogP contribution in [0.1, 0.15) is 40.5 Å². The van der Waals surface area contributed by atoms with E-state index in [4.69, 9.17) is 0 Å². The number of hydrogen-bond acceptors (Lipinski definition) is 2. The summed E-state index contributed by atoms with van der Waals surface area (Å²) in [6.45, 7) is 10.9. The molecule has 0 aromatic heterocycles. The minimum Gasteiger partial charge on any atom is -0.377 e. The maximum atomic E-state index is 10.1. The lowest BCUT2D eigenvalue weighted by molar-refractivity contribution is 0.0127. The number of nitrogens with zero attached hydrogens (tertiary/aromatic N) is 1. The molecule has 0 amide bonds. The van der Waals surface area contributed by atoms with E-state index in [0.29, 0.717) is 0 Å². The van der Waals surface area contributed by atoms with Crippen LogP contribution in [0.15, 0.2) is 0 Å². The van der Waals surface area contributed by atoms with Crippen LogP contribution in [0.3, 0.4) is 0 Å². The van der Waals surface area contributed by atoms with Gasteiger partial charge in [0.15, 0.2) is 0 Å². The second-order valence-electron chi connectivity index (χ2n) is 5.61. The molecule has 0 bridgehead atoms. The highest BCUT2D eigenvalue weighted by molar-refractivity contribution is 5.17. The summed E-state index contributed by atoms with van der Waals surface area (Å²) in [6, 6.07) is 0. The van der Waals surface area contributed by atoms with Gasteiger partial charge in [-0.25, -0.2) is 0 Å². The average molecular weight is 209 g/mol. The van der Waals surface area contributed by atoms with Gasteiger partial charge in [0.05, 0.1) is 6.54 Å². The average Bonchev–Trinajstić information content (AvgIpc) is 2.54. The van der Waals surface area contributed by atoms with Gasteiger partial charge in [-0.15, -0.1) is 0 Å². The predicted molar refractivity (Wildman–Crippen MR) is 63.5 cm³/mol. The van der Waals surface area contributed by atoms with Crippen molar-refractivity contribution < 1.29 is 5.11 Å². The van der Waals surface area contributed by atoms with E-state index >= 15 is 0 Å². The van der Waals surface area contributed by atoms with Crippen LogP contribution in [-0.2, 0) is 0 Å². The molecule has 0 spiro atoms. The van der Waals surface area contributed by atoms with Gasteiger partial charge in [-0.05, 0) is 32.9 Å². The fourth-order valence-corrected chi connectivity index (χ4v) is 1.45. The van der Waals surface area contributed by atoms with E-state index in [9.17, 15) is 5.11 Å². The second kappa shape index (κ2) is 4.55. The standard InChI is InChI=1S/C13H23NO/c1-12(2,3)13(4,15)8-7-11-14-9-5-6-10-14/h15H,5-6,9-11H2,1-4H3/t13-/m1/s1. The summed E-state index contributed by atoms with van der Waals surface area (Å²) >= 11 is 0. The summed E-state index contributed by atoms with van der Waals surface area (Å²) in [6.07, 6.45) is 2.58. The van der Waals surface area contributed by atoms with Crippen molar-refractivity contribution in [3.63, 3.8) is 0 Å². The highest BCUT2D eigenvalue weighted by atomic mass is 16.3. The summed E-state index contributed by atoms with van der Waals surface area (Å²) in [4.78, 5) is 2.34. The Morgan fingerprint density at radius 2 is 1.67 bits per heavy atom. The molecule has 1 rings (SSSR count). The third-order valence-electron chi connectivity index (χ3n) is 3.29. The Morgan fingerprint density at radius 3 is 2.13 bits per heavy atom. The molecular formula is C13H23NO. The van der Waals surface area contributed by atoms with Crippen molar-refractivity contribution in [3.05, 3.63) is 0 Å². The first kappa shape index (κ1) is 12.5. The second-order valence-corrected chi connectivity index (χ2v) is 5.61. The quantitative estimate of drug-likeness (QED) is 0.667. The van der Waals surface area contributed by atoms with Gasteiger partial charge in [0, 0.05) is 5.41 Å². The minimum absolute atomic E-state index is 0.189. The van der Waals surface area contributed by atoms with Crippen LogP contribution < -0.4 is 0 Å². The molecule has 1 aliphatic heterocycles. The van der Waals surface area contributed by atoms with Crippen LogP contribution in [0.2, 0.25) is 0 Å². The molecule has 1 aliphatic rings. The van der Waals surface area contributed by atoms with E-state index in [1.54, 1.807) is 6.92 Å². The Balaban J connectivity index is 2.49. The van der Waals surface area contributed by atoms with Gasteiger partial charge in [-0.2, -0.15) is 0 Å². The number of rotatable bonds is 1. The Hall–Kier alpha value is -0.520. The van der Waals surface area contributed by atoms with Crippen LogP contribution >= 0.6 is 0 Å². The highest BCUT2D eigenvalue weighted by Crippen LogP contribution is 2.28. The molecule has 1 saturated heterocycles. The lowest BCUT2D eigenvalue weighted by Crippen LogP contribution is -2.38. The Bertz CT molecular complexity index is 258. The molecule has 15 heavy (non-hydrogen) atoms. The topological polar surface area (TPSA) is 23.5 Å². The molecule has 0 aromatic carbocycles. The van der Waals surface area contributed by atoms with E-state index < -0.39 is 5.60 Å². The van der Waals surface area contributed by atoms with Crippen LogP contribution in [0.4, 0.5) is 0 Å². The van der Waals surface area contributed by atoms with Crippen LogP contribution in [0, 0.1) is 17.3 Å². The van der Waals surface area contributed by atoms with Crippen molar-refractivity contribution in [2.45, 2.75) is 46.1 Å². The monoisotopic (exact) mass is 209 g/mol. The van der Waals surface area contributed by atoms with Gasteiger partial charge in [0.25, 0.3) is 0 Å². The molecule has 1 heterocycles. The smallest absolute Gasteiger partial charge is 0.127 e. The first-order valence-electron chi connectivity index (χ1n) is 5.78. The molecule has 1 N–H and O–H groups in total. The normalized spacial score (nSPS) is 21.9. The fraction of sp³-hybridized carbons (Fsp3) is 0.846. The van der Waals surface area contributed by atoms with E-state index in [1.807, 2.05) is 20.8 Å². The van der Waals surface area contributed by atoms with Crippen molar-refractivity contribution in [1.29, 1.82) is 0 Å².